The van der Waals surface area contributed by atoms with Gasteiger partial charge in [-0.3, -0.25) is 9.48 Å². The lowest BCUT2D eigenvalue weighted by Crippen LogP contribution is -2.24. The molecule has 0 unspecified atom stereocenters. The van der Waals surface area contributed by atoms with Crippen LogP contribution < -0.4 is 14.8 Å². The Morgan fingerprint density at radius 2 is 1.96 bits per heavy atom. The Bertz CT molecular complexity index is 696. The highest BCUT2D eigenvalue weighted by molar-refractivity contribution is 9.10. The minimum Gasteiger partial charge on any atom is -0.490 e. The summed E-state index contributed by atoms with van der Waals surface area (Å²) in [5, 5.41) is 7.24. The molecule has 0 atom stereocenters. The highest BCUT2D eigenvalue weighted by Crippen LogP contribution is 2.28. The average molecular weight is 410 g/mol. The van der Waals surface area contributed by atoms with E-state index in [1.807, 2.05) is 45.2 Å². The first-order chi connectivity index (χ1) is 12.0. The van der Waals surface area contributed by atoms with Crippen LogP contribution >= 0.6 is 15.9 Å². The fraction of sp³-hybridized carbons (Fsp3) is 0.444. The predicted molar refractivity (Wildman–Crippen MR) is 99.9 cm³/mol. The van der Waals surface area contributed by atoms with Crippen molar-refractivity contribution in [2.24, 2.45) is 0 Å². The number of carbonyl (C=O) groups is 1. The summed E-state index contributed by atoms with van der Waals surface area (Å²) in [6, 6.07) is 5.71. The number of carbonyl (C=O) groups excluding carboxylic acids is 1. The van der Waals surface area contributed by atoms with Gasteiger partial charge in [-0.1, -0.05) is 6.07 Å². The maximum Gasteiger partial charge on any atom is 0.222 e. The average Bonchev–Trinajstić information content (AvgIpc) is 2.91. The highest BCUT2D eigenvalue weighted by atomic mass is 79.9. The Labute approximate surface area is 156 Å². The lowest BCUT2D eigenvalue weighted by Gasteiger charge is -2.13. The van der Waals surface area contributed by atoms with Gasteiger partial charge in [0.2, 0.25) is 5.91 Å². The molecule has 1 N–H and O–H groups in total. The standard InChI is InChI=1S/C18H24BrN3O3/c1-4-24-16-7-6-14(10-17(16)25-5-2)11-20-18(23)8-9-22-12-15(19)13(3)21-22/h6-7,10,12H,4-5,8-9,11H2,1-3H3,(H,20,23). The molecule has 0 saturated carbocycles. The molecule has 0 bridgehead atoms. The summed E-state index contributed by atoms with van der Waals surface area (Å²) in [6.07, 6.45) is 2.26. The topological polar surface area (TPSA) is 65.4 Å². The molecular weight excluding hydrogens is 386 g/mol. The third-order valence-electron chi connectivity index (χ3n) is 3.55. The molecule has 1 amide bonds. The molecular formula is C18H24BrN3O3. The first-order valence-electron chi connectivity index (χ1n) is 8.38. The smallest absolute Gasteiger partial charge is 0.222 e. The summed E-state index contributed by atoms with van der Waals surface area (Å²) < 4.78 is 13.9. The molecule has 136 valence electrons. The van der Waals surface area contributed by atoms with Crippen molar-refractivity contribution in [1.29, 1.82) is 0 Å². The van der Waals surface area contributed by atoms with Gasteiger partial charge in [-0.15, -0.1) is 0 Å². The zero-order chi connectivity index (χ0) is 18.2. The molecule has 7 heteroatoms. The van der Waals surface area contributed by atoms with Crippen LogP contribution in [-0.4, -0.2) is 28.9 Å². The van der Waals surface area contributed by atoms with Gasteiger partial charge in [-0.25, -0.2) is 0 Å². The largest absolute Gasteiger partial charge is 0.490 e. The number of nitrogens with zero attached hydrogens (tertiary/aromatic N) is 2. The molecule has 0 spiro atoms. The van der Waals surface area contributed by atoms with Gasteiger partial charge in [0, 0.05) is 25.7 Å². The second kappa shape index (κ2) is 9.46. The van der Waals surface area contributed by atoms with Gasteiger partial charge in [-0.05, 0) is 54.4 Å². The van der Waals surface area contributed by atoms with Crippen LogP contribution in [0.3, 0.4) is 0 Å². The van der Waals surface area contributed by atoms with E-state index in [0.29, 0.717) is 38.5 Å². The van der Waals surface area contributed by atoms with Crippen LogP contribution in [0, 0.1) is 6.92 Å². The number of ether oxygens (including phenoxy) is 2. The van der Waals surface area contributed by atoms with Crippen molar-refractivity contribution in [2.45, 2.75) is 40.3 Å². The third-order valence-corrected chi connectivity index (χ3v) is 4.33. The second-order valence-corrected chi connectivity index (χ2v) is 6.35. The van der Waals surface area contributed by atoms with Crippen LogP contribution in [-0.2, 0) is 17.9 Å². The van der Waals surface area contributed by atoms with E-state index in [4.69, 9.17) is 9.47 Å². The molecule has 1 aromatic heterocycles. The van der Waals surface area contributed by atoms with Gasteiger partial charge in [0.05, 0.1) is 23.4 Å². The number of hydrogen-bond donors (Lipinski definition) is 1. The summed E-state index contributed by atoms with van der Waals surface area (Å²) >= 11 is 3.41. The maximum atomic E-state index is 12.0. The van der Waals surface area contributed by atoms with E-state index in [9.17, 15) is 4.79 Å². The number of nitrogens with one attached hydrogen (secondary N) is 1. The van der Waals surface area contributed by atoms with Gasteiger partial charge in [-0.2, -0.15) is 5.10 Å². The Balaban J connectivity index is 1.87. The van der Waals surface area contributed by atoms with E-state index in [1.54, 1.807) is 4.68 Å². The molecule has 1 heterocycles. The van der Waals surface area contributed by atoms with Crippen molar-refractivity contribution < 1.29 is 14.3 Å². The Morgan fingerprint density at radius 1 is 1.24 bits per heavy atom. The summed E-state index contributed by atoms with van der Waals surface area (Å²) in [6.45, 7) is 7.93. The Hall–Kier alpha value is -2.02. The van der Waals surface area contributed by atoms with Crippen molar-refractivity contribution in [1.82, 2.24) is 15.1 Å². The minimum atomic E-state index is -0.0175. The van der Waals surface area contributed by atoms with Crippen molar-refractivity contribution in [3.05, 3.63) is 40.1 Å². The van der Waals surface area contributed by atoms with Crippen molar-refractivity contribution in [3.63, 3.8) is 0 Å². The minimum absolute atomic E-state index is 0.0175. The van der Waals surface area contributed by atoms with E-state index < -0.39 is 0 Å². The van der Waals surface area contributed by atoms with Crippen LogP contribution in [0.4, 0.5) is 0 Å². The molecule has 0 saturated heterocycles. The van der Waals surface area contributed by atoms with E-state index in [-0.39, 0.29) is 5.91 Å². The van der Waals surface area contributed by atoms with Crippen LogP contribution in [0.5, 0.6) is 11.5 Å². The molecule has 1 aromatic carbocycles. The molecule has 6 nitrogen and oxygen atoms in total. The first kappa shape index (κ1) is 19.3. The van der Waals surface area contributed by atoms with Crippen LogP contribution in [0.15, 0.2) is 28.9 Å². The molecule has 2 rings (SSSR count). The molecule has 2 aromatic rings. The number of benzene rings is 1. The number of aryl methyl sites for hydroxylation is 2. The zero-order valence-electron chi connectivity index (χ0n) is 14.8. The summed E-state index contributed by atoms with van der Waals surface area (Å²) in [5.41, 5.74) is 1.89. The number of hydrogen-bond acceptors (Lipinski definition) is 4. The Morgan fingerprint density at radius 3 is 2.60 bits per heavy atom. The highest BCUT2D eigenvalue weighted by Gasteiger charge is 2.08. The zero-order valence-corrected chi connectivity index (χ0v) is 16.4. The summed E-state index contributed by atoms with van der Waals surface area (Å²) in [7, 11) is 0. The third kappa shape index (κ3) is 5.77. The predicted octanol–water partition coefficient (Wildman–Crippen LogP) is 3.46. The molecule has 0 aliphatic heterocycles. The lowest BCUT2D eigenvalue weighted by molar-refractivity contribution is -0.121. The molecule has 0 fully saturated rings. The van der Waals surface area contributed by atoms with Crippen LogP contribution in [0.25, 0.3) is 0 Å². The molecule has 25 heavy (non-hydrogen) atoms. The first-order valence-corrected chi connectivity index (χ1v) is 9.17. The van der Waals surface area contributed by atoms with Gasteiger partial charge in [0.25, 0.3) is 0 Å². The second-order valence-electron chi connectivity index (χ2n) is 5.50. The van der Waals surface area contributed by atoms with Crippen molar-refractivity contribution in [2.75, 3.05) is 13.2 Å². The van der Waals surface area contributed by atoms with Gasteiger partial charge in [0.15, 0.2) is 11.5 Å². The van der Waals surface area contributed by atoms with Crippen LogP contribution in [0.1, 0.15) is 31.5 Å². The number of halogens is 1. The molecule has 0 aliphatic carbocycles. The van der Waals surface area contributed by atoms with E-state index >= 15 is 0 Å². The van der Waals surface area contributed by atoms with E-state index in [0.717, 1.165) is 21.5 Å². The lowest BCUT2D eigenvalue weighted by atomic mass is 10.2. The van der Waals surface area contributed by atoms with Crippen molar-refractivity contribution >= 4 is 21.8 Å². The van der Waals surface area contributed by atoms with Gasteiger partial charge >= 0.3 is 0 Å². The number of amides is 1. The fourth-order valence-electron chi connectivity index (χ4n) is 2.32. The SMILES string of the molecule is CCOc1ccc(CNC(=O)CCn2cc(Br)c(C)n2)cc1OCC. The summed E-state index contributed by atoms with van der Waals surface area (Å²) in [5.74, 6) is 1.41. The maximum absolute atomic E-state index is 12.0. The fourth-order valence-corrected chi connectivity index (χ4v) is 2.63. The number of aromatic nitrogens is 2. The normalized spacial score (nSPS) is 10.6. The quantitative estimate of drug-likeness (QED) is 0.688. The number of rotatable bonds is 9. The molecule has 0 radical (unpaired) electrons. The van der Waals surface area contributed by atoms with Crippen LogP contribution in [0.2, 0.25) is 0 Å². The van der Waals surface area contributed by atoms with E-state index in [1.165, 1.54) is 0 Å². The summed E-state index contributed by atoms with van der Waals surface area (Å²) in [4.78, 5) is 12.0. The van der Waals surface area contributed by atoms with Gasteiger partial charge < -0.3 is 14.8 Å². The van der Waals surface area contributed by atoms with E-state index in [2.05, 4.69) is 26.3 Å². The molecule has 0 aliphatic rings. The van der Waals surface area contributed by atoms with Gasteiger partial charge in [0.1, 0.15) is 0 Å². The Kier molecular flexibility index (Phi) is 7.31. The van der Waals surface area contributed by atoms with Crippen molar-refractivity contribution in [3.8, 4) is 11.5 Å². The monoisotopic (exact) mass is 409 g/mol.